The molecule has 0 aromatic carbocycles. The molecule has 0 heterocycles. The number of rotatable bonds is 10. The van der Waals surface area contributed by atoms with E-state index in [-0.39, 0.29) is 11.6 Å². The number of nitrogens with two attached hydrogens (primary N) is 2. The smallest absolute Gasteiger partial charge is 0.133 e. The highest BCUT2D eigenvalue weighted by Crippen LogP contribution is 2.03. The van der Waals surface area contributed by atoms with E-state index in [1.54, 1.807) is 13.1 Å². The lowest BCUT2D eigenvalue weighted by Gasteiger charge is -2.14. The molecule has 0 saturated heterocycles. The fourth-order valence-corrected chi connectivity index (χ4v) is 1.47. The maximum absolute atomic E-state index is 11.1. The molecule has 5 nitrogen and oxygen atoms in total. The Morgan fingerprint density at radius 3 is 2.39 bits per heavy atom. The first kappa shape index (κ1) is 16.6. The van der Waals surface area contributed by atoms with Gasteiger partial charge in [0.15, 0.2) is 0 Å². The molecule has 0 aromatic heterocycles. The first-order chi connectivity index (χ1) is 8.45. The van der Waals surface area contributed by atoms with E-state index in [9.17, 15) is 9.59 Å². The molecule has 0 atom stereocenters. The predicted molar refractivity (Wildman–Crippen MR) is 72.2 cm³/mol. The van der Waals surface area contributed by atoms with Crippen molar-refractivity contribution in [2.75, 3.05) is 6.54 Å². The zero-order chi connectivity index (χ0) is 14.0. The fourth-order valence-electron chi connectivity index (χ4n) is 1.47. The van der Waals surface area contributed by atoms with E-state index >= 15 is 0 Å². The van der Waals surface area contributed by atoms with Gasteiger partial charge in [0.05, 0.1) is 0 Å². The van der Waals surface area contributed by atoms with Crippen LogP contribution in [0.25, 0.3) is 0 Å². The third-order valence-corrected chi connectivity index (χ3v) is 2.61. The maximum Gasteiger partial charge on any atom is 0.133 e. The van der Waals surface area contributed by atoms with Gasteiger partial charge in [0.1, 0.15) is 11.6 Å². The second-order valence-electron chi connectivity index (χ2n) is 4.49. The number of Topliss-reactive ketones (excluding diaryl/α,β-unsaturated/α-hetero) is 2. The summed E-state index contributed by atoms with van der Waals surface area (Å²) in [5, 5.41) is 1.52. The number of carbonyl (C=O) groups excluding carboxylic acids is 2. The third-order valence-electron chi connectivity index (χ3n) is 2.61. The molecule has 18 heavy (non-hydrogen) atoms. The molecule has 0 bridgehead atoms. The average molecular weight is 255 g/mol. The van der Waals surface area contributed by atoms with Gasteiger partial charge in [-0.25, -0.2) is 5.84 Å². The summed E-state index contributed by atoms with van der Waals surface area (Å²) >= 11 is 0. The highest BCUT2D eigenvalue weighted by atomic mass is 16.1. The summed E-state index contributed by atoms with van der Waals surface area (Å²) < 4.78 is 0. The largest absolute Gasteiger partial charge is 0.401 e. The van der Waals surface area contributed by atoms with Crippen LogP contribution >= 0.6 is 0 Å². The molecular formula is C13H25N3O2. The van der Waals surface area contributed by atoms with Gasteiger partial charge in [0.2, 0.25) is 0 Å². The van der Waals surface area contributed by atoms with Crippen LogP contribution in [0.3, 0.4) is 0 Å². The molecule has 0 rings (SSSR count). The molecule has 0 fully saturated rings. The number of hydrazine groups is 1. The average Bonchev–Trinajstić information content (AvgIpc) is 2.31. The van der Waals surface area contributed by atoms with Crippen molar-refractivity contribution in [1.29, 1.82) is 0 Å². The minimum Gasteiger partial charge on any atom is -0.401 e. The molecule has 4 N–H and O–H groups in total. The predicted octanol–water partition coefficient (Wildman–Crippen LogP) is 1.48. The summed E-state index contributed by atoms with van der Waals surface area (Å²) in [6.45, 7) is 4.09. The van der Waals surface area contributed by atoms with Gasteiger partial charge in [-0.2, -0.15) is 0 Å². The van der Waals surface area contributed by atoms with Crippen LogP contribution in [0.15, 0.2) is 11.9 Å². The van der Waals surface area contributed by atoms with Crippen LogP contribution in [0.5, 0.6) is 0 Å². The lowest BCUT2D eigenvalue weighted by molar-refractivity contribution is -0.119. The summed E-state index contributed by atoms with van der Waals surface area (Å²) in [5.41, 5.74) is 6.38. The van der Waals surface area contributed by atoms with Crippen LogP contribution < -0.4 is 11.6 Å². The van der Waals surface area contributed by atoms with Gasteiger partial charge >= 0.3 is 0 Å². The minimum absolute atomic E-state index is 0.201. The number of nitrogens with zero attached hydrogens (tertiary/aromatic N) is 1. The Labute approximate surface area is 109 Å². The number of carbonyl (C=O) groups is 2. The number of allylic oxidation sites excluding steroid dienone is 1. The van der Waals surface area contributed by atoms with Gasteiger partial charge in [0.25, 0.3) is 0 Å². The van der Waals surface area contributed by atoms with Gasteiger partial charge in [-0.15, -0.1) is 0 Å². The van der Waals surface area contributed by atoms with Crippen molar-refractivity contribution in [3.63, 3.8) is 0 Å². The van der Waals surface area contributed by atoms with Crippen molar-refractivity contribution in [3.05, 3.63) is 11.9 Å². The SMILES string of the molecule is CCC(=O)CC/C(N)=C/N(N)CCCCC(C)=O. The van der Waals surface area contributed by atoms with Crippen LogP contribution in [0.2, 0.25) is 0 Å². The Kier molecular flexibility index (Phi) is 8.92. The van der Waals surface area contributed by atoms with Crippen LogP contribution in [0.1, 0.15) is 52.4 Å². The van der Waals surface area contributed by atoms with Crippen LogP contribution in [0, 0.1) is 0 Å². The van der Waals surface area contributed by atoms with Crippen molar-refractivity contribution in [2.24, 2.45) is 11.6 Å². The van der Waals surface area contributed by atoms with Crippen molar-refractivity contribution in [1.82, 2.24) is 5.01 Å². The monoisotopic (exact) mass is 255 g/mol. The van der Waals surface area contributed by atoms with E-state index in [1.807, 2.05) is 6.92 Å². The summed E-state index contributed by atoms with van der Waals surface area (Å²) in [6, 6.07) is 0. The standard InChI is InChI=1S/C13H25N3O2/c1-3-13(18)8-7-12(14)10-16(15)9-5-4-6-11(2)17/h10H,3-9,14-15H2,1-2H3/b12-10-. The van der Waals surface area contributed by atoms with Crippen LogP contribution in [-0.4, -0.2) is 23.1 Å². The lowest BCUT2D eigenvalue weighted by Crippen LogP contribution is -2.27. The number of hydrogen-bond acceptors (Lipinski definition) is 5. The third kappa shape index (κ3) is 9.84. The Bertz CT molecular complexity index is 301. The molecular weight excluding hydrogens is 230 g/mol. The van der Waals surface area contributed by atoms with Crippen molar-refractivity contribution < 1.29 is 9.59 Å². The minimum atomic E-state index is 0.201. The van der Waals surface area contributed by atoms with E-state index in [2.05, 4.69) is 0 Å². The van der Waals surface area contributed by atoms with Gasteiger partial charge in [-0.1, -0.05) is 6.92 Å². The van der Waals surface area contributed by atoms with Crippen LogP contribution in [0.4, 0.5) is 0 Å². The van der Waals surface area contributed by atoms with Crippen molar-refractivity contribution in [3.8, 4) is 0 Å². The second-order valence-corrected chi connectivity index (χ2v) is 4.49. The van der Waals surface area contributed by atoms with Crippen LogP contribution in [-0.2, 0) is 9.59 Å². The molecule has 104 valence electrons. The topological polar surface area (TPSA) is 89.4 Å². The molecule has 0 radical (unpaired) electrons. The molecule has 0 aliphatic carbocycles. The number of unbranched alkanes of at least 4 members (excludes halogenated alkanes) is 1. The molecule has 0 aliphatic heterocycles. The summed E-state index contributed by atoms with van der Waals surface area (Å²) in [6.07, 6.45) is 5.52. The Morgan fingerprint density at radius 1 is 1.17 bits per heavy atom. The summed E-state index contributed by atoms with van der Waals surface area (Å²) in [5.74, 6) is 6.14. The zero-order valence-corrected chi connectivity index (χ0v) is 11.4. The number of hydrogen-bond donors (Lipinski definition) is 2. The lowest BCUT2D eigenvalue weighted by atomic mass is 10.1. The molecule has 5 heteroatoms. The van der Waals surface area contributed by atoms with E-state index < -0.39 is 0 Å². The van der Waals surface area contributed by atoms with Gasteiger partial charge in [-0.3, -0.25) is 4.79 Å². The van der Waals surface area contributed by atoms with Gasteiger partial charge in [0, 0.05) is 37.7 Å². The van der Waals surface area contributed by atoms with E-state index in [1.165, 1.54) is 5.01 Å². The maximum atomic E-state index is 11.1. The number of ketones is 2. The molecule has 0 aliphatic rings. The Balaban J connectivity index is 3.78. The highest BCUT2D eigenvalue weighted by Gasteiger charge is 2.01. The first-order valence-electron chi connectivity index (χ1n) is 6.44. The Morgan fingerprint density at radius 2 is 1.83 bits per heavy atom. The molecule has 0 amide bonds. The Hall–Kier alpha value is -1.36. The molecule has 0 saturated carbocycles. The van der Waals surface area contributed by atoms with Crippen molar-refractivity contribution >= 4 is 11.6 Å². The van der Waals surface area contributed by atoms with Crippen molar-refractivity contribution in [2.45, 2.75) is 52.4 Å². The van der Waals surface area contributed by atoms with E-state index in [0.29, 0.717) is 37.9 Å². The fraction of sp³-hybridized carbons (Fsp3) is 0.692. The normalized spacial score (nSPS) is 11.4. The quantitative estimate of drug-likeness (QED) is 0.350. The van der Waals surface area contributed by atoms with E-state index in [4.69, 9.17) is 11.6 Å². The molecule has 0 aromatic rings. The summed E-state index contributed by atoms with van der Waals surface area (Å²) in [7, 11) is 0. The molecule has 0 spiro atoms. The zero-order valence-electron chi connectivity index (χ0n) is 11.4. The summed E-state index contributed by atoms with van der Waals surface area (Å²) in [4.78, 5) is 21.9. The highest BCUT2D eigenvalue weighted by molar-refractivity contribution is 5.78. The van der Waals surface area contributed by atoms with Gasteiger partial charge in [-0.05, 0) is 26.2 Å². The second kappa shape index (κ2) is 9.65. The van der Waals surface area contributed by atoms with Gasteiger partial charge < -0.3 is 15.5 Å². The first-order valence-corrected chi connectivity index (χ1v) is 6.44. The van der Waals surface area contributed by atoms with E-state index in [0.717, 1.165) is 12.8 Å². The molecule has 0 unspecified atom stereocenters.